The summed E-state index contributed by atoms with van der Waals surface area (Å²) in [5, 5.41) is 30.8. The van der Waals surface area contributed by atoms with Gasteiger partial charge in [0.2, 0.25) is 0 Å². The number of aliphatic hydroxyl groups excluding tert-OH is 3. The van der Waals surface area contributed by atoms with Crippen molar-refractivity contribution in [2.75, 3.05) is 26.4 Å². The summed E-state index contributed by atoms with van der Waals surface area (Å²) in [4.78, 5) is 12.9. The molecule has 0 aromatic heterocycles. The lowest BCUT2D eigenvalue weighted by Crippen LogP contribution is -2.60. The van der Waals surface area contributed by atoms with E-state index < -0.39 is 59.8 Å². The molecular weight excluding hydrogens is 873 g/mol. The molecule has 0 aliphatic carbocycles. The van der Waals surface area contributed by atoms with Crippen molar-refractivity contribution < 1.29 is 56.2 Å². The van der Waals surface area contributed by atoms with Crippen LogP contribution in [0.5, 0.6) is 0 Å². The maximum atomic E-state index is 12.9. The van der Waals surface area contributed by atoms with Crippen LogP contribution in [0.25, 0.3) is 0 Å². The predicted molar refractivity (Wildman–Crippen MR) is 271 cm³/mol. The normalized spacial score (nSPS) is 19.6. The minimum Gasteiger partial charge on any atom is -0.457 e. The van der Waals surface area contributed by atoms with Crippen LogP contribution in [0.1, 0.15) is 239 Å². The molecule has 1 heterocycles. The van der Waals surface area contributed by atoms with Crippen LogP contribution in [0, 0.1) is 0 Å². The summed E-state index contributed by atoms with van der Waals surface area (Å²) >= 11 is 0. The highest BCUT2D eigenvalue weighted by Gasteiger charge is 2.48. The van der Waals surface area contributed by atoms with Gasteiger partial charge in [0.05, 0.1) is 19.8 Å². The van der Waals surface area contributed by atoms with E-state index in [-0.39, 0.29) is 19.6 Å². The average molecular weight is 973 g/mol. The zero-order valence-electron chi connectivity index (χ0n) is 42.5. The second-order valence-electron chi connectivity index (χ2n) is 18.8. The molecule has 6 atom stereocenters. The van der Waals surface area contributed by atoms with Gasteiger partial charge in [-0.1, -0.05) is 198 Å². The van der Waals surface area contributed by atoms with Crippen molar-refractivity contribution in [3.05, 3.63) is 36.5 Å². The Morgan fingerprint density at radius 3 is 1.43 bits per heavy atom. The molecule has 67 heavy (non-hydrogen) atoms. The van der Waals surface area contributed by atoms with E-state index in [0.717, 1.165) is 51.4 Å². The second-order valence-corrected chi connectivity index (χ2v) is 19.9. The summed E-state index contributed by atoms with van der Waals surface area (Å²) in [6.45, 7) is 4.00. The molecule has 4 N–H and O–H groups in total. The smallest absolute Gasteiger partial charge is 0.397 e. The minimum absolute atomic E-state index is 0.0328. The molecule has 0 saturated carbocycles. The van der Waals surface area contributed by atoms with E-state index in [1.54, 1.807) is 0 Å². The molecule has 1 aliphatic rings. The molecule has 12 nitrogen and oxygen atoms in total. The summed E-state index contributed by atoms with van der Waals surface area (Å²) < 4.78 is 59.3. The molecule has 0 aromatic rings. The van der Waals surface area contributed by atoms with E-state index in [9.17, 15) is 33.1 Å². The van der Waals surface area contributed by atoms with Crippen LogP contribution in [0.15, 0.2) is 36.5 Å². The Kier molecular flexibility index (Phi) is 43.0. The van der Waals surface area contributed by atoms with Crippen molar-refractivity contribution in [1.29, 1.82) is 0 Å². The number of carbonyl (C=O) groups is 1. The fourth-order valence-electron chi connectivity index (χ4n) is 8.35. The van der Waals surface area contributed by atoms with E-state index in [1.807, 2.05) is 0 Å². The predicted octanol–water partition coefficient (Wildman–Crippen LogP) is 12.9. The van der Waals surface area contributed by atoms with Crippen LogP contribution in [-0.4, -0.2) is 97.5 Å². The molecule has 0 radical (unpaired) electrons. The quantitative estimate of drug-likeness (QED) is 0.0197. The van der Waals surface area contributed by atoms with Crippen molar-refractivity contribution in [1.82, 2.24) is 0 Å². The van der Waals surface area contributed by atoms with Crippen LogP contribution in [-0.2, 0) is 38.3 Å². The number of rotatable bonds is 48. The molecule has 394 valence electrons. The summed E-state index contributed by atoms with van der Waals surface area (Å²) in [5.41, 5.74) is 0. The Hall–Kier alpha value is -1.68. The van der Waals surface area contributed by atoms with Crippen molar-refractivity contribution in [2.24, 2.45) is 0 Å². The molecule has 0 bridgehead atoms. The minimum atomic E-state index is -5.07. The molecule has 0 aromatic carbocycles. The molecule has 1 fully saturated rings. The van der Waals surface area contributed by atoms with Crippen LogP contribution in [0.2, 0.25) is 0 Å². The molecule has 13 heteroatoms. The fraction of sp³-hybridized carbons (Fsp3) is 0.870. The molecule has 1 aliphatic heterocycles. The van der Waals surface area contributed by atoms with Gasteiger partial charge in [-0.25, -0.2) is 4.18 Å². The summed E-state index contributed by atoms with van der Waals surface area (Å²) in [6, 6.07) is 0. The molecule has 0 spiro atoms. The third-order valence-electron chi connectivity index (χ3n) is 12.5. The first kappa shape index (κ1) is 63.3. The molecule has 1 saturated heterocycles. The van der Waals surface area contributed by atoms with E-state index in [0.29, 0.717) is 13.0 Å². The number of aliphatic hydroxyl groups is 3. The number of ether oxygens (including phenoxy) is 4. The standard InChI is InChI=1S/C54H100O12S/c1-3-5-7-9-11-13-15-17-19-21-22-23-24-25-26-27-29-31-33-35-37-39-41-43-50(56)64-48(47-63-54-52(58)53(66-67(59,60)61)51(57)49(45-55)65-54)46-62-44-42-40-38-36-34-32-30-28-20-18-16-14-12-10-8-6-4-2/h15,17,20-22,28,48-49,51-55,57-58H,3-14,16,18-19,23-27,29-47H2,1-2H3,(H,59,60,61)/b17-15-,22-21-,28-20-. The van der Waals surface area contributed by atoms with Crippen molar-refractivity contribution in [2.45, 2.75) is 275 Å². The Morgan fingerprint density at radius 2 is 0.985 bits per heavy atom. The third kappa shape index (κ3) is 38.7. The largest absolute Gasteiger partial charge is 0.457 e. The topological polar surface area (TPSA) is 178 Å². The van der Waals surface area contributed by atoms with Crippen LogP contribution >= 0.6 is 0 Å². The van der Waals surface area contributed by atoms with Gasteiger partial charge in [-0.3, -0.25) is 9.35 Å². The number of allylic oxidation sites excluding steroid dienone is 6. The van der Waals surface area contributed by atoms with Gasteiger partial charge in [0.15, 0.2) is 6.29 Å². The van der Waals surface area contributed by atoms with Gasteiger partial charge in [0.1, 0.15) is 30.5 Å². The van der Waals surface area contributed by atoms with Gasteiger partial charge in [-0.2, -0.15) is 8.42 Å². The molecule has 0 amide bonds. The van der Waals surface area contributed by atoms with Gasteiger partial charge < -0.3 is 34.3 Å². The Morgan fingerprint density at radius 1 is 0.567 bits per heavy atom. The Balaban J connectivity index is 2.33. The SMILES string of the molecule is CCCCCCC/C=C\C/C=C\CCCCCCCCCCCCCC(=O)OC(COCCCCCCCC/C=C\CCCCCCCCC)COC1OC(CO)C(O)C(OS(=O)(=O)O)C1O. The first-order chi connectivity index (χ1) is 32.6. The molecule has 6 unspecified atom stereocenters. The van der Waals surface area contributed by atoms with Gasteiger partial charge in [0.25, 0.3) is 0 Å². The lowest BCUT2D eigenvalue weighted by Gasteiger charge is -2.41. The van der Waals surface area contributed by atoms with Crippen LogP contribution in [0.3, 0.4) is 0 Å². The summed E-state index contributed by atoms with van der Waals surface area (Å²) in [6.07, 6.45) is 46.0. The van der Waals surface area contributed by atoms with Gasteiger partial charge in [-0.15, -0.1) is 0 Å². The van der Waals surface area contributed by atoms with E-state index in [1.165, 1.54) is 161 Å². The van der Waals surface area contributed by atoms with Crippen LogP contribution in [0.4, 0.5) is 0 Å². The number of esters is 1. The van der Waals surface area contributed by atoms with E-state index in [4.69, 9.17) is 18.9 Å². The first-order valence-electron chi connectivity index (χ1n) is 27.2. The zero-order valence-corrected chi connectivity index (χ0v) is 43.3. The summed E-state index contributed by atoms with van der Waals surface area (Å²) in [5.74, 6) is -0.401. The van der Waals surface area contributed by atoms with Crippen molar-refractivity contribution >= 4 is 16.4 Å². The Bertz CT molecular complexity index is 1310. The maximum Gasteiger partial charge on any atom is 0.397 e. The molecule has 1 rings (SSSR count). The number of hydrogen-bond donors (Lipinski definition) is 4. The van der Waals surface area contributed by atoms with E-state index >= 15 is 0 Å². The zero-order chi connectivity index (χ0) is 48.9. The maximum absolute atomic E-state index is 12.9. The Labute approximate surface area is 409 Å². The highest BCUT2D eigenvalue weighted by molar-refractivity contribution is 7.80. The molecular formula is C54H100O12S. The third-order valence-corrected chi connectivity index (χ3v) is 13.0. The van der Waals surface area contributed by atoms with Crippen molar-refractivity contribution in [3.8, 4) is 0 Å². The average Bonchev–Trinajstić information content (AvgIpc) is 3.30. The lowest BCUT2D eigenvalue weighted by molar-refractivity contribution is -0.301. The lowest BCUT2D eigenvalue weighted by atomic mass is 9.99. The van der Waals surface area contributed by atoms with Gasteiger partial charge in [0, 0.05) is 13.0 Å². The number of hydrogen-bond acceptors (Lipinski definition) is 11. The second kappa shape index (κ2) is 45.5. The monoisotopic (exact) mass is 973 g/mol. The van der Waals surface area contributed by atoms with Crippen molar-refractivity contribution in [3.63, 3.8) is 0 Å². The fourth-order valence-corrected chi connectivity index (χ4v) is 8.85. The van der Waals surface area contributed by atoms with E-state index in [2.05, 4.69) is 54.5 Å². The number of carbonyl (C=O) groups excluding carboxylic acids is 1. The highest BCUT2D eigenvalue weighted by Crippen LogP contribution is 2.26. The number of unbranched alkanes of at least 4 members (excludes halogenated alkanes) is 29. The van der Waals surface area contributed by atoms with Gasteiger partial charge >= 0.3 is 16.4 Å². The van der Waals surface area contributed by atoms with Crippen LogP contribution < -0.4 is 0 Å². The highest BCUT2D eigenvalue weighted by atomic mass is 32.3. The van der Waals surface area contributed by atoms with Gasteiger partial charge in [-0.05, 0) is 70.6 Å². The summed E-state index contributed by atoms with van der Waals surface area (Å²) in [7, 11) is -5.07. The first-order valence-corrected chi connectivity index (χ1v) is 28.6.